The molecule has 0 bridgehead atoms. The SMILES string of the molecule is CCOC(=O)c1cnc2ccc(N(C)Cc3cc(F)ccc3OCCCC(=O)OC(C)(C)C)nn12. The zero-order valence-corrected chi connectivity index (χ0v) is 20.7. The number of hydrogen-bond donors (Lipinski definition) is 0. The van der Waals surface area contributed by atoms with Crippen molar-refractivity contribution in [1.29, 1.82) is 0 Å². The fourth-order valence-electron chi connectivity index (χ4n) is 3.35. The van der Waals surface area contributed by atoms with E-state index in [0.29, 0.717) is 35.7 Å². The summed E-state index contributed by atoms with van der Waals surface area (Å²) < 4.78 is 31.6. The number of carbonyl (C=O) groups excluding carboxylic acids is 2. The third-order valence-electron chi connectivity index (χ3n) is 4.86. The summed E-state index contributed by atoms with van der Waals surface area (Å²) >= 11 is 0. The molecule has 3 aromatic rings. The average Bonchev–Trinajstić information content (AvgIpc) is 3.20. The maximum absolute atomic E-state index is 14.0. The monoisotopic (exact) mass is 486 g/mol. The van der Waals surface area contributed by atoms with Crippen molar-refractivity contribution < 1.29 is 28.2 Å². The van der Waals surface area contributed by atoms with Crippen LogP contribution in [0.15, 0.2) is 36.5 Å². The molecule has 1 aromatic carbocycles. The topological polar surface area (TPSA) is 95.3 Å². The zero-order chi connectivity index (χ0) is 25.6. The van der Waals surface area contributed by atoms with Crippen molar-refractivity contribution in [2.45, 2.75) is 52.7 Å². The molecule has 2 aromatic heterocycles. The molecular weight excluding hydrogens is 455 g/mol. The first-order valence-electron chi connectivity index (χ1n) is 11.4. The number of fused-ring (bicyclic) bond motifs is 1. The highest BCUT2D eigenvalue weighted by molar-refractivity contribution is 5.88. The number of anilines is 1. The van der Waals surface area contributed by atoms with Gasteiger partial charge in [0.2, 0.25) is 0 Å². The van der Waals surface area contributed by atoms with Crippen LogP contribution >= 0.6 is 0 Å². The van der Waals surface area contributed by atoms with E-state index in [4.69, 9.17) is 14.2 Å². The maximum Gasteiger partial charge on any atom is 0.358 e. The molecular formula is C25H31FN4O5. The number of aromatic nitrogens is 3. The summed E-state index contributed by atoms with van der Waals surface area (Å²) in [5.41, 5.74) is 0.807. The van der Waals surface area contributed by atoms with Gasteiger partial charge in [-0.05, 0) is 64.4 Å². The Morgan fingerprint density at radius 1 is 1.17 bits per heavy atom. The maximum atomic E-state index is 14.0. The van der Waals surface area contributed by atoms with Gasteiger partial charge in [-0.15, -0.1) is 5.10 Å². The van der Waals surface area contributed by atoms with Crippen LogP contribution in [0.25, 0.3) is 5.65 Å². The van der Waals surface area contributed by atoms with E-state index in [2.05, 4.69) is 10.1 Å². The lowest BCUT2D eigenvalue weighted by molar-refractivity contribution is -0.155. The summed E-state index contributed by atoms with van der Waals surface area (Å²) in [4.78, 5) is 30.1. The number of carbonyl (C=O) groups is 2. The highest BCUT2D eigenvalue weighted by Crippen LogP contribution is 2.24. The van der Waals surface area contributed by atoms with Gasteiger partial charge in [0.05, 0.1) is 19.4 Å². The van der Waals surface area contributed by atoms with Crippen molar-refractivity contribution in [2.75, 3.05) is 25.2 Å². The Bertz CT molecular complexity index is 1190. The van der Waals surface area contributed by atoms with Crippen LogP contribution in [-0.4, -0.2) is 52.4 Å². The minimum absolute atomic E-state index is 0.219. The van der Waals surface area contributed by atoms with Crippen molar-refractivity contribution in [1.82, 2.24) is 14.6 Å². The van der Waals surface area contributed by atoms with Gasteiger partial charge < -0.3 is 19.1 Å². The van der Waals surface area contributed by atoms with E-state index in [-0.39, 0.29) is 31.3 Å². The molecule has 2 heterocycles. The summed E-state index contributed by atoms with van der Waals surface area (Å²) in [5.74, 6) is -0.139. The van der Waals surface area contributed by atoms with Gasteiger partial charge in [0, 0.05) is 25.6 Å². The van der Waals surface area contributed by atoms with Crippen LogP contribution in [0.2, 0.25) is 0 Å². The number of hydrogen-bond acceptors (Lipinski definition) is 8. The number of nitrogens with zero attached hydrogens (tertiary/aromatic N) is 4. The van der Waals surface area contributed by atoms with Gasteiger partial charge in [0.1, 0.15) is 23.0 Å². The Morgan fingerprint density at radius 2 is 1.94 bits per heavy atom. The van der Waals surface area contributed by atoms with Crippen LogP contribution < -0.4 is 9.64 Å². The summed E-state index contributed by atoms with van der Waals surface area (Å²) in [6.45, 7) is 8.00. The van der Waals surface area contributed by atoms with E-state index in [1.165, 1.54) is 22.8 Å². The molecule has 3 rings (SSSR count). The number of imidazole rings is 1. The molecule has 0 aliphatic rings. The second kappa shape index (κ2) is 11.2. The molecule has 188 valence electrons. The Balaban J connectivity index is 1.69. The molecule has 35 heavy (non-hydrogen) atoms. The quantitative estimate of drug-likeness (QED) is 0.311. The molecule has 0 aliphatic carbocycles. The molecule has 9 nitrogen and oxygen atoms in total. The Labute approximate surface area is 203 Å². The van der Waals surface area contributed by atoms with Crippen molar-refractivity contribution in [3.63, 3.8) is 0 Å². The highest BCUT2D eigenvalue weighted by Gasteiger charge is 2.18. The summed E-state index contributed by atoms with van der Waals surface area (Å²) in [5, 5.41) is 4.50. The van der Waals surface area contributed by atoms with Crippen LogP contribution in [-0.2, 0) is 20.8 Å². The van der Waals surface area contributed by atoms with Crippen molar-refractivity contribution >= 4 is 23.4 Å². The van der Waals surface area contributed by atoms with Crippen LogP contribution in [0.3, 0.4) is 0 Å². The lowest BCUT2D eigenvalue weighted by Crippen LogP contribution is -2.24. The second-order valence-corrected chi connectivity index (χ2v) is 8.97. The molecule has 0 saturated carbocycles. The Kier molecular flexibility index (Phi) is 8.26. The van der Waals surface area contributed by atoms with Gasteiger partial charge in [-0.25, -0.2) is 18.7 Å². The van der Waals surface area contributed by atoms with Crippen molar-refractivity contribution in [2.24, 2.45) is 0 Å². The predicted molar refractivity (Wildman–Crippen MR) is 128 cm³/mol. The van der Waals surface area contributed by atoms with E-state index in [1.807, 2.05) is 20.8 Å². The van der Waals surface area contributed by atoms with Crippen LogP contribution in [0.4, 0.5) is 10.2 Å². The van der Waals surface area contributed by atoms with E-state index < -0.39 is 17.4 Å². The molecule has 0 spiro atoms. The van der Waals surface area contributed by atoms with Gasteiger partial charge in [0.25, 0.3) is 0 Å². The van der Waals surface area contributed by atoms with Gasteiger partial charge in [-0.3, -0.25) is 4.79 Å². The second-order valence-electron chi connectivity index (χ2n) is 8.97. The minimum atomic E-state index is -0.530. The van der Waals surface area contributed by atoms with E-state index in [0.717, 1.165) is 0 Å². The fourth-order valence-corrected chi connectivity index (χ4v) is 3.35. The number of halogens is 1. The third kappa shape index (κ3) is 7.14. The molecule has 0 amide bonds. The molecule has 0 fully saturated rings. The van der Waals surface area contributed by atoms with Crippen molar-refractivity contribution in [3.05, 3.63) is 53.6 Å². The van der Waals surface area contributed by atoms with Gasteiger partial charge in [-0.2, -0.15) is 0 Å². The summed E-state index contributed by atoms with van der Waals surface area (Å²) in [7, 11) is 1.80. The number of rotatable bonds is 10. The standard InChI is InChI=1S/C25H31FN4O5/c1-6-33-24(32)19-15-27-21-11-12-22(28-30(19)21)29(5)16-17-14-18(26)9-10-20(17)34-13-7-8-23(31)35-25(2,3)4/h9-12,14-15H,6-8,13,16H2,1-5H3. The smallest absolute Gasteiger partial charge is 0.358 e. The first kappa shape index (κ1) is 25.9. The summed E-state index contributed by atoms with van der Waals surface area (Å²) in [6, 6.07) is 7.80. The predicted octanol–water partition coefficient (Wildman–Crippen LogP) is 4.18. The Morgan fingerprint density at radius 3 is 2.66 bits per heavy atom. The molecule has 10 heteroatoms. The fraction of sp³-hybridized carbons (Fsp3) is 0.440. The average molecular weight is 487 g/mol. The lowest BCUT2D eigenvalue weighted by atomic mass is 10.2. The van der Waals surface area contributed by atoms with Gasteiger partial charge >= 0.3 is 11.9 Å². The zero-order valence-electron chi connectivity index (χ0n) is 20.7. The number of benzene rings is 1. The molecule has 0 radical (unpaired) electrons. The molecule has 0 saturated heterocycles. The first-order valence-corrected chi connectivity index (χ1v) is 11.4. The van der Waals surface area contributed by atoms with E-state index >= 15 is 0 Å². The summed E-state index contributed by atoms with van der Waals surface area (Å²) in [6.07, 6.45) is 2.11. The minimum Gasteiger partial charge on any atom is -0.493 e. The molecule has 0 N–H and O–H groups in total. The Hall–Kier alpha value is -3.69. The molecule has 0 aliphatic heterocycles. The van der Waals surface area contributed by atoms with Crippen molar-refractivity contribution in [3.8, 4) is 5.75 Å². The van der Waals surface area contributed by atoms with Crippen LogP contribution in [0.5, 0.6) is 5.75 Å². The largest absolute Gasteiger partial charge is 0.493 e. The number of ether oxygens (including phenoxy) is 3. The van der Waals surface area contributed by atoms with E-state index in [9.17, 15) is 14.0 Å². The molecule has 0 atom stereocenters. The van der Waals surface area contributed by atoms with Crippen LogP contribution in [0, 0.1) is 5.82 Å². The van der Waals surface area contributed by atoms with Gasteiger partial charge in [-0.1, -0.05) is 0 Å². The lowest BCUT2D eigenvalue weighted by Gasteiger charge is -2.21. The van der Waals surface area contributed by atoms with Gasteiger partial charge in [0.15, 0.2) is 11.3 Å². The van der Waals surface area contributed by atoms with Crippen LogP contribution in [0.1, 0.15) is 56.6 Å². The highest BCUT2D eigenvalue weighted by atomic mass is 19.1. The third-order valence-corrected chi connectivity index (χ3v) is 4.86. The van der Waals surface area contributed by atoms with E-state index in [1.54, 1.807) is 37.1 Å². The number of esters is 2. The normalized spacial score (nSPS) is 11.4. The first-order chi connectivity index (χ1) is 16.6. The molecule has 0 unspecified atom stereocenters.